The van der Waals surface area contributed by atoms with Gasteiger partial charge in [-0.2, -0.15) is 23.1 Å². The summed E-state index contributed by atoms with van der Waals surface area (Å²) in [5.74, 6) is 1.45. The Morgan fingerprint density at radius 3 is 2.68 bits per heavy atom. The van der Waals surface area contributed by atoms with Crippen LogP contribution in [0.15, 0.2) is 12.1 Å². The third kappa shape index (κ3) is 5.04. The Balaban J connectivity index is 1.71. The van der Waals surface area contributed by atoms with E-state index >= 15 is 0 Å². The van der Waals surface area contributed by atoms with Crippen LogP contribution in [0, 0.1) is 11.8 Å². The Morgan fingerprint density at radius 2 is 2.00 bits per heavy atom. The van der Waals surface area contributed by atoms with Crippen molar-refractivity contribution in [2.75, 3.05) is 44.5 Å². The van der Waals surface area contributed by atoms with E-state index in [-0.39, 0.29) is 30.3 Å². The molecule has 2 N–H and O–H groups in total. The first kappa shape index (κ1) is 24.8. The summed E-state index contributed by atoms with van der Waals surface area (Å²) in [7, 11) is 3.15. The molecule has 2 aliphatic heterocycles. The van der Waals surface area contributed by atoms with Gasteiger partial charge in [0.05, 0.1) is 42.7 Å². The second-order valence-corrected chi connectivity index (χ2v) is 9.40. The standard InChI is InChI=1S/C23H28ClF3N4O3/c1-12-4-13(10-32-2)9-31(8-12)21-16-11-34-19(7-18(16)29-22(30-21)33-3)15-5-14(28)6-17(24)20(15)23(25,26)27/h5-6,12-13,19H,4,7-11,28H2,1-3H3. The molecule has 3 heterocycles. The first-order valence-corrected chi connectivity index (χ1v) is 11.4. The van der Waals surface area contributed by atoms with Gasteiger partial charge in [0.1, 0.15) is 5.82 Å². The summed E-state index contributed by atoms with van der Waals surface area (Å²) in [5.41, 5.74) is 6.26. The fourth-order valence-electron chi connectivity index (χ4n) is 5.00. The van der Waals surface area contributed by atoms with Gasteiger partial charge in [0.15, 0.2) is 0 Å². The van der Waals surface area contributed by atoms with E-state index in [9.17, 15) is 13.2 Å². The molecule has 0 bridgehead atoms. The number of nitrogens with zero attached hydrogens (tertiary/aromatic N) is 3. The van der Waals surface area contributed by atoms with Crippen molar-refractivity contribution < 1.29 is 27.4 Å². The zero-order valence-corrected chi connectivity index (χ0v) is 20.0. The third-order valence-corrected chi connectivity index (χ3v) is 6.56. The molecule has 7 nitrogen and oxygen atoms in total. The van der Waals surface area contributed by atoms with Crippen molar-refractivity contribution >= 4 is 23.1 Å². The van der Waals surface area contributed by atoms with E-state index in [0.29, 0.717) is 30.0 Å². The third-order valence-electron chi connectivity index (χ3n) is 6.26. The summed E-state index contributed by atoms with van der Waals surface area (Å²) < 4.78 is 58.1. The SMILES string of the molecule is COCC1CC(C)CN(c2nc(OC)nc3c2COC(c2cc(N)cc(Cl)c2C(F)(F)F)C3)C1. The number of piperidine rings is 1. The summed E-state index contributed by atoms with van der Waals surface area (Å²) in [4.78, 5) is 11.2. The van der Waals surface area contributed by atoms with E-state index < -0.39 is 22.9 Å². The number of anilines is 2. The minimum Gasteiger partial charge on any atom is -0.467 e. The highest BCUT2D eigenvalue weighted by Crippen LogP contribution is 2.44. The minimum absolute atomic E-state index is 0.0584. The lowest BCUT2D eigenvalue weighted by atomic mass is 9.90. The molecule has 186 valence electrons. The van der Waals surface area contributed by atoms with Crippen molar-refractivity contribution in [2.45, 2.75) is 38.7 Å². The maximum Gasteiger partial charge on any atom is 0.418 e. The van der Waals surface area contributed by atoms with Gasteiger partial charge in [-0.15, -0.1) is 0 Å². The number of hydrogen-bond acceptors (Lipinski definition) is 7. The van der Waals surface area contributed by atoms with E-state index in [1.807, 2.05) is 0 Å². The van der Waals surface area contributed by atoms with Gasteiger partial charge in [0.25, 0.3) is 0 Å². The second-order valence-electron chi connectivity index (χ2n) is 8.99. The highest BCUT2D eigenvalue weighted by atomic mass is 35.5. The lowest BCUT2D eigenvalue weighted by Crippen LogP contribution is -2.42. The molecule has 34 heavy (non-hydrogen) atoms. The van der Waals surface area contributed by atoms with Gasteiger partial charge in [-0.25, -0.2) is 0 Å². The Hall–Kier alpha value is -2.30. The van der Waals surface area contributed by atoms with E-state index in [0.717, 1.165) is 31.1 Å². The topological polar surface area (TPSA) is 82.7 Å². The molecule has 0 amide bonds. The predicted octanol–water partition coefficient (Wildman–Crippen LogP) is 4.66. The molecule has 2 aliphatic rings. The number of benzene rings is 1. The van der Waals surface area contributed by atoms with Crippen molar-refractivity contribution in [3.63, 3.8) is 0 Å². The van der Waals surface area contributed by atoms with E-state index in [1.165, 1.54) is 13.2 Å². The summed E-state index contributed by atoms with van der Waals surface area (Å²) in [6.07, 6.45) is -4.42. The number of methoxy groups -OCH3 is 2. The molecule has 1 saturated heterocycles. The van der Waals surface area contributed by atoms with Crippen LogP contribution in [0.4, 0.5) is 24.7 Å². The van der Waals surface area contributed by atoms with Crippen LogP contribution in [0.25, 0.3) is 0 Å². The van der Waals surface area contributed by atoms with Crippen LogP contribution in [-0.2, 0) is 28.7 Å². The molecule has 3 unspecified atom stereocenters. The zero-order valence-electron chi connectivity index (χ0n) is 19.3. The van der Waals surface area contributed by atoms with E-state index in [1.54, 1.807) is 7.11 Å². The quantitative estimate of drug-likeness (QED) is 0.598. The second kappa shape index (κ2) is 9.75. The number of halogens is 4. The van der Waals surface area contributed by atoms with Crippen LogP contribution in [0.5, 0.6) is 6.01 Å². The van der Waals surface area contributed by atoms with Gasteiger partial charge in [0, 0.05) is 43.8 Å². The van der Waals surface area contributed by atoms with Crippen molar-refractivity contribution in [3.8, 4) is 6.01 Å². The van der Waals surface area contributed by atoms with Gasteiger partial charge >= 0.3 is 12.2 Å². The largest absolute Gasteiger partial charge is 0.467 e. The molecule has 1 aromatic heterocycles. The molecule has 0 radical (unpaired) electrons. The average Bonchev–Trinajstić information content (AvgIpc) is 2.76. The van der Waals surface area contributed by atoms with Crippen LogP contribution in [0.2, 0.25) is 5.02 Å². The molecule has 3 atom stereocenters. The summed E-state index contributed by atoms with van der Waals surface area (Å²) in [6.45, 7) is 4.41. The molecule has 2 aromatic rings. The lowest BCUT2D eigenvalue weighted by Gasteiger charge is -2.39. The van der Waals surface area contributed by atoms with Gasteiger partial charge in [-0.1, -0.05) is 18.5 Å². The number of nitrogens with two attached hydrogens (primary N) is 1. The van der Waals surface area contributed by atoms with Crippen molar-refractivity contribution in [1.29, 1.82) is 0 Å². The maximum absolute atomic E-state index is 13.8. The number of fused-ring (bicyclic) bond motifs is 1. The van der Waals surface area contributed by atoms with E-state index in [2.05, 4.69) is 21.8 Å². The number of rotatable bonds is 5. The minimum atomic E-state index is -4.65. The number of ether oxygens (including phenoxy) is 3. The monoisotopic (exact) mass is 500 g/mol. The predicted molar refractivity (Wildman–Crippen MR) is 122 cm³/mol. The zero-order chi connectivity index (χ0) is 24.6. The van der Waals surface area contributed by atoms with Crippen LogP contribution < -0.4 is 15.4 Å². The smallest absolute Gasteiger partial charge is 0.418 e. The van der Waals surface area contributed by atoms with Crippen LogP contribution in [0.1, 0.15) is 41.8 Å². The Bertz CT molecular complexity index is 1050. The van der Waals surface area contributed by atoms with Crippen molar-refractivity contribution in [1.82, 2.24) is 9.97 Å². The lowest BCUT2D eigenvalue weighted by molar-refractivity contribution is -0.139. The Labute approximate surface area is 201 Å². The normalized spacial score (nSPS) is 23.0. The number of aromatic nitrogens is 2. The summed E-state index contributed by atoms with van der Waals surface area (Å²) >= 11 is 5.95. The molecule has 4 rings (SSSR count). The van der Waals surface area contributed by atoms with Gasteiger partial charge in [0.2, 0.25) is 0 Å². The molecule has 11 heteroatoms. The van der Waals surface area contributed by atoms with Gasteiger partial charge in [-0.05, 0) is 30.0 Å². The summed E-state index contributed by atoms with van der Waals surface area (Å²) in [6, 6.07) is 2.53. The van der Waals surface area contributed by atoms with Crippen molar-refractivity contribution in [3.05, 3.63) is 39.5 Å². The number of alkyl halides is 3. The fraction of sp³-hybridized carbons (Fsp3) is 0.565. The average molecular weight is 501 g/mol. The Kier molecular flexibility index (Phi) is 7.12. The van der Waals surface area contributed by atoms with Crippen LogP contribution in [-0.4, -0.2) is 43.9 Å². The molecule has 0 saturated carbocycles. The van der Waals surface area contributed by atoms with Crippen LogP contribution in [0.3, 0.4) is 0 Å². The molecule has 1 fully saturated rings. The fourth-order valence-corrected chi connectivity index (χ4v) is 5.34. The molecular formula is C23H28ClF3N4O3. The molecule has 0 aliphatic carbocycles. The number of nitrogen functional groups attached to an aromatic ring is 1. The van der Waals surface area contributed by atoms with Crippen LogP contribution >= 0.6 is 11.6 Å². The first-order chi connectivity index (χ1) is 16.1. The van der Waals surface area contributed by atoms with E-state index in [4.69, 9.17) is 31.5 Å². The van der Waals surface area contributed by atoms with Gasteiger partial charge in [-0.3, -0.25) is 0 Å². The highest BCUT2D eigenvalue weighted by Gasteiger charge is 2.40. The maximum atomic E-state index is 13.8. The summed E-state index contributed by atoms with van der Waals surface area (Å²) in [5, 5.41) is -0.454. The highest BCUT2D eigenvalue weighted by molar-refractivity contribution is 6.31. The number of hydrogen-bond donors (Lipinski definition) is 1. The molecule has 1 aromatic carbocycles. The molecule has 0 spiro atoms. The van der Waals surface area contributed by atoms with Gasteiger partial charge < -0.3 is 24.8 Å². The first-order valence-electron chi connectivity index (χ1n) is 11.1. The van der Waals surface area contributed by atoms with Crippen molar-refractivity contribution in [2.24, 2.45) is 11.8 Å². The molecular weight excluding hydrogens is 473 g/mol. The Morgan fingerprint density at radius 1 is 1.24 bits per heavy atom.